The third-order valence-corrected chi connectivity index (χ3v) is 3.57. The molecule has 0 spiro atoms. The number of aliphatic hydroxyl groups excluding tert-OH is 1. The molecule has 3 N–H and O–H groups in total. The fourth-order valence-corrected chi connectivity index (χ4v) is 2.46. The topological polar surface area (TPSA) is 100 Å². The Balaban J connectivity index is 0.00000109. The van der Waals surface area contributed by atoms with Crippen LogP contribution >= 0.6 is 23.2 Å². The van der Waals surface area contributed by atoms with E-state index < -0.39 is 5.91 Å². The molecule has 0 saturated carbocycles. The fraction of sp³-hybridized carbons (Fsp3) is 0.125. The number of carbonyl (C=O) groups excluding carboxylic acids is 1. The molecule has 0 radical (unpaired) electrons. The largest absolute Gasteiger partial charge is 0.506 e. The van der Waals surface area contributed by atoms with Crippen LogP contribution in [0.2, 0.25) is 10.0 Å². The quantitative estimate of drug-likeness (QED) is 0.557. The molecular formula is C16H14Cl2N2O5. The lowest BCUT2D eigenvalue weighted by Gasteiger charge is -2.03. The zero-order chi connectivity index (χ0) is 18.4. The second kappa shape index (κ2) is 8.57. The molecule has 2 aromatic carbocycles. The summed E-state index contributed by atoms with van der Waals surface area (Å²) in [6.45, 7) is 0.132. The lowest BCUT2D eigenvalue weighted by Crippen LogP contribution is -2.17. The molecule has 0 atom stereocenters. The van der Waals surface area contributed by atoms with Crippen LogP contribution in [0.4, 0.5) is 0 Å². The standard InChI is InChI=1S/C15H10Cl2N2O4.CH4O/c16-10-3-9(14(20)11(17)5-10)6-18-19-15(21)8-1-2-12-13(4-8)23-7-22-12;1-2/h1-6,20H,7H2,(H,19,21);2H,1H3/b18-6+;. The summed E-state index contributed by atoms with van der Waals surface area (Å²) in [5, 5.41) is 21.0. The predicted octanol–water partition coefficient (Wildman–Crippen LogP) is 2.80. The number of halogens is 2. The van der Waals surface area contributed by atoms with Crippen molar-refractivity contribution >= 4 is 35.3 Å². The summed E-state index contributed by atoms with van der Waals surface area (Å²) in [5.74, 6) is 0.480. The molecule has 2 aromatic rings. The number of nitrogens with one attached hydrogen (secondary N) is 1. The number of nitrogens with zero attached hydrogens (tertiary/aromatic N) is 1. The maximum Gasteiger partial charge on any atom is 0.271 e. The number of carbonyl (C=O) groups is 1. The van der Waals surface area contributed by atoms with Gasteiger partial charge in [0.2, 0.25) is 6.79 Å². The number of benzene rings is 2. The molecule has 0 aliphatic carbocycles. The number of rotatable bonds is 3. The van der Waals surface area contributed by atoms with Crippen molar-refractivity contribution in [2.75, 3.05) is 13.9 Å². The molecule has 1 aliphatic rings. The van der Waals surface area contributed by atoms with E-state index >= 15 is 0 Å². The number of amides is 1. The van der Waals surface area contributed by atoms with Gasteiger partial charge in [0.05, 0.1) is 11.2 Å². The maximum atomic E-state index is 12.0. The number of phenolic OH excluding ortho intramolecular Hbond substituents is 1. The van der Waals surface area contributed by atoms with Gasteiger partial charge < -0.3 is 19.7 Å². The zero-order valence-corrected chi connectivity index (χ0v) is 14.5. The van der Waals surface area contributed by atoms with E-state index in [-0.39, 0.29) is 23.1 Å². The van der Waals surface area contributed by atoms with Crippen molar-refractivity contribution in [1.82, 2.24) is 5.43 Å². The summed E-state index contributed by atoms with van der Waals surface area (Å²) in [7, 11) is 1.00. The van der Waals surface area contributed by atoms with Crippen molar-refractivity contribution in [3.8, 4) is 17.2 Å². The second-order valence-electron chi connectivity index (χ2n) is 4.59. The van der Waals surface area contributed by atoms with Gasteiger partial charge in [0.25, 0.3) is 5.91 Å². The minimum Gasteiger partial charge on any atom is -0.506 e. The molecule has 0 fully saturated rings. The highest BCUT2D eigenvalue weighted by molar-refractivity contribution is 6.36. The van der Waals surface area contributed by atoms with Crippen molar-refractivity contribution in [1.29, 1.82) is 0 Å². The molecule has 0 unspecified atom stereocenters. The smallest absolute Gasteiger partial charge is 0.271 e. The molecule has 0 bridgehead atoms. The summed E-state index contributed by atoms with van der Waals surface area (Å²) >= 11 is 11.6. The van der Waals surface area contributed by atoms with Crippen LogP contribution in [0.25, 0.3) is 0 Å². The number of hydrogen-bond acceptors (Lipinski definition) is 6. The van der Waals surface area contributed by atoms with Gasteiger partial charge in [-0.05, 0) is 30.3 Å². The van der Waals surface area contributed by atoms with Crippen LogP contribution in [0.5, 0.6) is 17.2 Å². The van der Waals surface area contributed by atoms with Crippen LogP contribution in [0.1, 0.15) is 15.9 Å². The van der Waals surface area contributed by atoms with E-state index in [1.165, 1.54) is 18.3 Å². The Kier molecular flexibility index (Phi) is 6.46. The number of ether oxygens (including phenoxy) is 2. The Morgan fingerprint density at radius 2 is 1.92 bits per heavy atom. The van der Waals surface area contributed by atoms with Crippen molar-refractivity contribution in [3.05, 3.63) is 51.5 Å². The summed E-state index contributed by atoms with van der Waals surface area (Å²) in [6.07, 6.45) is 1.25. The summed E-state index contributed by atoms with van der Waals surface area (Å²) in [4.78, 5) is 12.0. The van der Waals surface area contributed by atoms with Gasteiger partial charge in [-0.15, -0.1) is 0 Å². The molecule has 7 nitrogen and oxygen atoms in total. The maximum absolute atomic E-state index is 12.0. The predicted molar refractivity (Wildman–Crippen MR) is 93.9 cm³/mol. The first-order valence-corrected chi connectivity index (χ1v) is 7.66. The molecule has 0 aromatic heterocycles. The van der Waals surface area contributed by atoms with E-state index in [1.54, 1.807) is 18.2 Å². The van der Waals surface area contributed by atoms with Gasteiger partial charge in [-0.3, -0.25) is 4.79 Å². The molecule has 0 saturated heterocycles. The molecule has 132 valence electrons. The highest BCUT2D eigenvalue weighted by Crippen LogP contribution is 2.32. The van der Waals surface area contributed by atoms with Gasteiger partial charge in [0.15, 0.2) is 11.5 Å². The van der Waals surface area contributed by atoms with Crippen LogP contribution in [-0.4, -0.2) is 36.2 Å². The first-order chi connectivity index (χ1) is 12.0. The van der Waals surface area contributed by atoms with Gasteiger partial charge >= 0.3 is 0 Å². The fourth-order valence-electron chi connectivity index (χ4n) is 1.95. The van der Waals surface area contributed by atoms with Crippen LogP contribution < -0.4 is 14.9 Å². The Morgan fingerprint density at radius 1 is 1.20 bits per heavy atom. The molecule has 9 heteroatoms. The van der Waals surface area contributed by atoms with E-state index in [0.29, 0.717) is 22.1 Å². The second-order valence-corrected chi connectivity index (χ2v) is 5.44. The average Bonchev–Trinajstić information content (AvgIpc) is 3.08. The van der Waals surface area contributed by atoms with Crippen molar-refractivity contribution in [2.45, 2.75) is 0 Å². The molecule has 1 aliphatic heterocycles. The summed E-state index contributed by atoms with van der Waals surface area (Å²) < 4.78 is 10.4. The minimum atomic E-state index is -0.438. The van der Waals surface area contributed by atoms with Gasteiger partial charge in [-0.25, -0.2) is 5.43 Å². The number of fused-ring (bicyclic) bond motifs is 1. The zero-order valence-electron chi connectivity index (χ0n) is 13.0. The van der Waals surface area contributed by atoms with E-state index in [9.17, 15) is 9.90 Å². The average molecular weight is 385 g/mol. The van der Waals surface area contributed by atoms with Gasteiger partial charge in [-0.2, -0.15) is 5.10 Å². The van der Waals surface area contributed by atoms with E-state index in [2.05, 4.69) is 10.5 Å². The number of phenols is 1. The lowest BCUT2D eigenvalue weighted by molar-refractivity contribution is 0.0954. The van der Waals surface area contributed by atoms with Crippen LogP contribution in [0, 0.1) is 0 Å². The highest BCUT2D eigenvalue weighted by atomic mass is 35.5. The van der Waals surface area contributed by atoms with Gasteiger partial charge in [-0.1, -0.05) is 23.2 Å². The number of aromatic hydroxyl groups is 1. The monoisotopic (exact) mass is 384 g/mol. The van der Waals surface area contributed by atoms with Crippen LogP contribution in [0.3, 0.4) is 0 Å². The number of aliphatic hydroxyl groups is 1. The van der Waals surface area contributed by atoms with Gasteiger partial charge in [0, 0.05) is 23.3 Å². The highest BCUT2D eigenvalue weighted by Gasteiger charge is 2.16. The van der Waals surface area contributed by atoms with E-state index in [1.807, 2.05) is 0 Å². The Labute approximate surface area is 153 Å². The van der Waals surface area contributed by atoms with Crippen LogP contribution in [0.15, 0.2) is 35.4 Å². The van der Waals surface area contributed by atoms with E-state index in [0.717, 1.165) is 7.11 Å². The van der Waals surface area contributed by atoms with Crippen molar-refractivity contribution in [2.24, 2.45) is 5.10 Å². The third-order valence-electron chi connectivity index (χ3n) is 3.06. The Bertz CT molecular complexity index is 811. The normalized spacial score (nSPS) is 11.8. The third kappa shape index (κ3) is 4.54. The van der Waals surface area contributed by atoms with E-state index in [4.69, 9.17) is 37.8 Å². The Morgan fingerprint density at radius 3 is 2.68 bits per heavy atom. The molecular weight excluding hydrogens is 371 g/mol. The SMILES string of the molecule is CO.O=C(N/N=C/c1cc(Cl)cc(Cl)c1O)c1ccc2c(c1)OCO2. The minimum absolute atomic E-state index is 0.0982. The molecule has 25 heavy (non-hydrogen) atoms. The number of hydrogen-bond donors (Lipinski definition) is 3. The van der Waals surface area contributed by atoms with Crippen LogP contribution in [-0.2, 0) is 0 Å². The summed E-state index contributed by atoms with van der Waals surface area (Å²) in [5.41, 5.74) is 2.99. The summed E-state index contributed by atoms with van der Waals surface area (Å²) in [6, 6.07) is 7.66. The molecule has 3 rings (SSSR count). The lowest BCUT2D eigenvalue weighted by atomic mass is 10.2. The van der Waals surface area contributed by atoms with Gasteiger partial charge in [0.1, 0.15) is 5.75 Å². The number of hydrazone groups is 1. The first kappa shape index (κ1) is 18.9. The molecule has 1 amide bonds. The Hall–Kier alpha value is -2.48. The first-order valence-electron chi connectivity index (χ1n) is 6.90. The van der Waals surface area contributed by atoms with Crippen molar-refractivity contribution < 1.29 is 24.5 Å². The molecule has 1 heterocycles. The van der Waals surface area contributed by atoms with Crippen molar-refractivity contribution in [3.63, 3.8) is 0 Å².